The van der Waals surface area contributed by atoms with Crippen molar-refractivity contribution in [2.24, 2.45) is 5.92 Å². The smallest absolute Gasteiger partial charge is 0.253 e. The first-order valence-corrected chi connectivity index (χ1v) is 9.08. The highest BCUT2D eigenvalue weighted by Crippen LogP contribution is 2.22. The SMILES string of the molecule is CC[C@H](NC(=O)C1CCN(C(=O)c2ccncc2)CC1)c1cccnc1. The molecule has 1 saturated heterocycles. The van der Waals surface area contributed by atoms with Gasteiger partial charge in [0.25, 0.3) is 5.91 Å². The van der Waals surface area contributed by atoms with Gasteiger partial charge in [0.1, 0.15) is 0 Å². The predicted molar refractivity (Wildman–Crippen MR) is 98.3 cm³/mol. The van der Waals surface area contributed by atoms with Crippen LogP contribution in [0.15, 0.2) is 49.1 Å². The fourth-order valence-corrected chi connectivity index (χ4v) is 3.31. The highest BCUT2D eigenvalue weighted by molar-refractivity contribution is 5.94. The summed E-state index contributed by atoms with van der Waals surface area (Å²) in [6.45, 7) is 3.25. The number of hydrogen-bond acceptors (Lipinski definition) is 4. The summed E-state index contributed by atoms with van der Waals surface area (Å²) in [5, 5.41) is 3.14. The number of likely N-dealkylation sites (tertiary alicyclic amines) is 1. The molecule has 1 N–H and O–H groups in total. The number of carbonyl (C=O) groups excluding carboxylic acids is 2. The monoisotopic (exact) mass is 352 g/mol. The maximum Gasteiger partial charge on any atom is 0.253 e. The molecule has 1 fully saturated rings. The van der Waals surface area contributed by atoms with Crippen molar-refractivity contribution in [3.05, 3.63) is 60.2 Å². The number of carbonyl (C=O) groups is 2. The first-order valence-electron chi connectivity index (χ1n) is 9.08. The molecular formula is C20H24N4O2. The Morgan fingerprint density at radius 3 is 2.50 bits per heavy atom. The van der Waals surface area contributed by atoms with Crippen LogP contribution < -0.4 is 5.32 Å². The largest absolute Gasteiger partial charge is 0.349 e. The Bertz CT molecular complexity index is 728. The molecule has 0 saturated carbocycles. The molecular weight excluding hydrogens is 328 g/mol. The van der Waals surface area contributed by atoms with Crippen LogP contribution in [0, 0.1) is 5.92 Å². The van der Waals surface area contributed by atoms with Crippen molar-refractivity contribution in [1.29, 1.82) is 0 Å². The van der Waals surface area contributed by atoms with E-state index in [-0.39, 0.29) is 23.8 Å². The standard InChI is InChI=1S/C20H24N4O2/c1-2-18(17-4-3-9-22-14-17)23-19(25)15-7-12-24(13-8-15)20(26)16-5-10-21-11-6-16/h3-6,9-11,14-15,18H,2,7-8,12-13H2,1H3,(H,23,25)/t18-/m0/s1. The Morgan fingerprint density at radius 2 is 1.88 bits per heavy atom. The molecule has 1 atom stereocenters. The number of hydrogen-bond donors (Lipinski definition) is 1. The zero-order chi connectivity index (χ0) is 18.4. The zero-order valence-corrected chi connectivity index (χ0v) is 15.0. The third-order valence-corrected chi connectivity index (χ3v) is 4.89. The summed E-state index contributed by atoms with van der Waals surface area (Å²) >= 11 is 0. The second-order valence-corrected chi connectivity index (χ2v) is 6.56. The minimum absolute atomic E-state index is 0.00746. The molecule has 0 radical (unpaired) electrons. The second kappa shape index (κ2) is 8.56. The van der Waals surface area contributed by atoms with Crippen LogP contribution in [0.1, 0.15) is 48.1 Å². The van der Waals surface area contributed by atoms with Gasteiger partial charge < -0.3 is 10.2 Å². The van der Waals surface area contributed by atoms with Crippen LogP contribution in [0.25, 0.3) is 0 Å². The molecule has 3 heterocycles. The number of nitrogens with zero attached hydrogens (tertiary/aromatic N) is 3. The second-order valence-electron chi connectivity index (χ2n) is 6.56. The summed E-state index contributed by atoms with van der Waals surface area (Å²) in [5.41, 5.74) is 1.67. The Kier molecular flexibility index (Phi) is 5.94. The van der Waals surface area contributed by atoms with Gasteiger partial charge in [0.15, 0.2) is 0 Å². The third-order valence-electron chi connectivity index (χ3n) is 4.89. The Balaban J connectivity index is 1.54. The Hall–Kier alpha value is -2.76. The van der Waals surface area contributed by atoms with Crippen LogP contribution in [0.5, 0.6) is 0 Å². The molecule has 2 aromatic heterocycles. The molecule has 1 aliphatic heterocycles. The van der Waals surface area contributed by atoms with E-state index in [0.29, 0.717) is 31.5 Å². The van der Waals surface area contributed by atoms with E-state index in [4.69, 9.17) is 0 Å². The van der Waals surface area contributed by atoms with Gasteiger partial charge in [-0.15, -0.1) is 0 Å². The molecule has 2 aromatic rings. The summed E-state index contributed by atoms with van der Waals surface area (Å²) in [6, 6.07) is 7.29. The van der Waals surface area contributed by atoms with Gasteiger partial charge in [0, 0.05) is 49.4 Å². The summed E-state index contributed by atoms with van der Waals surface area (Å²) in [4.78, 5) is 35.0. The lowest BCUT2D eigenvalue weighted by Crippen LogP contribution is -2.43. The fraction of sp³-hybridized carbons (Fsp3) is 0.400. The van der Waals surface area contributed by atoms with E-state index < -0.39 is 0 Å². The first-order chi connectivity index (χ1) is 12.7. The number of amides is 2. The topological polar surface area (TPSA) is 75.2 Å². The van der Waals surface area contributed by atoms with E-state index in [1.165, 1.54) is 0 Å². The molecule has 0 unspecified atom stereocenters. The average molecular weight is 352 g/mol. The number of pyridine rings is 2. The van der Waals surface area contributed by atoms with Crippen LogP contribution in [-0.2, 0) is 4.79 Å². The van der Waals surface area contributed by atoms with E-state index in [1.807, 2.05) is 24.0 Å². The lowest BCUT2D eigenvalue weighted by atomic mass is 9.94. The van der Waals surface area contributed by atoms with Gasteiger partial charge in [-0.25, -0.2) is 0 Å². The molecule has 0 bridgehead atoms. The normalized spacial score (nSPS) is 16.1. The van der Waals surface area contributed by atoms with E-state index in [9.17, 15) is 9.59 Å². The maximum atomic E-state index is 12.6. The molecule has 0 aliphatic carbocycles. The molecule has 3 rings (SSSR count). The van der Waals surface area contributed by atoms with Crippen molar-refractivity contribution < 1.29 is 9.59 Å². The van der Waals surface area contributed by atoms with E-state index in [0.717, 1.165) is 12.0 Å². The van der Waals surface area contributed by atoms with Gasteiger partial charge >= 0.3 is 0 Å². The van der Waals surface area contributed by atoms with Gasteiger partial charge in [-0.05, 0) is 43.0 Å². The van der Waals surface area contributed by atoms with Crippen LogP contribution in [0.4, 0.5) is 0 Å². The fourth-order valence-electron chi connectivity index (χ4n) is 3.31. The van der Waals surface area contributed by atoms with Gasteiger partial charge in [-0.3, -0.25) is 19.6 Å². The maximum absolute atomic E-state index is 12.6. The lowest BCUT2D eigenvalue weighted by Gasteiger charge is -2.32. The number of nitrogens with one attached hydrogen (secondary N) is 1. The Morgan fingerprint density at radius 1 is 1.15 bits per heavy atom. The van der Waals surface area contributed by atoms with Crippen molar-refractivity contribution in [2.45, 2.75) is 32.2 Å². The van der Waals surface area contributed by atoms with E-state index >= 15 is 0 Å². The van der Waals surface area contributed by atoms with Crippen molar-refractivity contribution in [2.75, 3.05) is 13.1 Å². The van der Waals surface area contributed by atoms with E-state index in [1.54, 1.807) is 36.9 Å². The summed E-state index contributed by atoms with van der Waals surface area (Å²) in [6.07, 6.45) is 8.96. The number of rotatable bonds is 5. The molecule has 0 aromatic carbocycles. The highest BCUT2D eigenvalue weighted by Gasteiger charge is 2.28. The summed E-state index contributed by atoms with van der Waals surface area (Å²) < 4.78 is 0. The molecule has 0 spiro atoms. The highest BCUT2D eigenvalue weighted by atomic mass is 16.2. The molecule has 136 valence electrons. The average Bonchev–Trinajstić information content (AvgIpc) is 2.72. The van der Waals surface area contributed by atoms with Crippen molar-refractivity contribution in [3.8, 4) is 0 Å². The predicted octanol–water partition coefficient (Wildman–Crippen LogP) is 2.60. The van der Waals surface area contributed by atoms with Gasteiger partial charge in [0.05, 0.1) is 6.04 Å². The van der Waals surface area contributed by atoms with Crippen molar-refractivity contribution in [1.82, 2.24) is 20.2 Å². The molecule has 2 amide bonds. The quantitative estimate of drug-likeness (QED) is 0.897. The molecule has 6 nitrogen and oxygen atoms in total. The summed E-state index contributed by atoms with van der Waals surface area (Å²) in [5.74, 6) is 0.0203. The zero-order valence-electron chi connectivity index (χ0n) is 15.0. The Labute approximate surface area is 153 Å². The summed E-state index contributed by atoms with van der Waals surface area (Å²) in [7, 11) is 0. The van der Waals surface area contributed by atoms with Crippen LogP contribution in [0.3, 0.4) is 0 Å². The molecule has 26 heavy (non-hydrogen) atoms. The molecule has 1 aliphatic rings. The minimum atomic E-state index is -0.0535. The van der Waals surface area contributed by atoms with Crippen LogP contribution in [0.2, 0.25) is 0 Å². The van der Waals surface area contributed by atoms with Crippen molar-refractivity contribution in [3.63, 3.8) is 0 Å². The van der Waals surface area contributed by atoms with Gasteiger partial charge in [0.2, 0.25) is 5.91 Å². The van der Waals surface area contributed by atoms with Crippen LogP contribution >= 0.6 is 0 Å². The number of piperidine rings is 1. The third kappa shape index (κ3) is 4.25. The van der Waals surface area contributed by atoms with Gasteiger partial charge in [-0.2, -0.15) is 0 Å². The molecule has 6 heteroatoms. The van der Waals surface area contributed by atoms with Gasteiger partial charge in [-0.1, -0.05) is 13.0 Å². The van der Waals surface area contributed by atoms with Crippen LogP contribution in [-0.4, -0.2) is 39.8 Å². The van der Waals surface area contributed by atoms with Crippen molar-refractivity contribution >= 4 is 11.8 Å². The minimum Gasteiger partial charge on any atom is -0.349 e. The number of aromatic nitrogens is 2. The van der Waals surface area contributed by atoms with E-state index in [2.05, 4.69) is 15.3 Å². The lowest BCUT2D eigenvalue weighted by molar-refractivity contribution is -0.127. The first kappa shape index (κ1) is 18.0.